The van der Waals surface area contributed by atoms with Crippen molar-refractivity contribution in [3.05, 3.63) is 23.8 Å². The quantitative estimate of drug-likeness (QED) is 0.512. The van der Waals surface area contributed by atoms with Crippen molar-refractivity contribution in [3.63, 3.8) is 0 Å². The van der Waals surface area contributed by atoms with Crippen molar-refractivity contribution < 1.29 is 4.79 Å². The number of nitrogens with one attached hydrogen (secondary N) is 1. The number of carbonyl (C=O) groups excluding carboxylic acids is 1. The van der Waals surface area contributed by atoms with E-state index < -0.39 is 0 Å². The Balaban J connectivity index is 3.80. The van der Waals surface area contributed by atoms with Crippen molar-refractivity contribution in [1.29, 1.82) is 0 Å². The van der Waals surface area contributed by atoms with Crippen molar-refractivity contribution in [2.75, 3.05) is 6.54 Å². The van der Waals surface area contributed by atoms with Crippen molar-refractivity contribution >= 4 is 5.91 Å². The van der Waals surface area contributed by atoms with Crippen LogP contribution in [-0.2, 0) is 4.79 Å². The molecule has 80 valence electrons. The lowest BCUT2D eigenvalue weighted by Crippen LogP contribution is -2.24. The zero-order chi connectivity index (χ0) is 10.8. The van der Waals surface area contributed by atoms with Crippen LogP contribution in [0.4, 0.5) is 0 Å². The second-order valence-electron chi connectivity index (χ2n) is 3.24. The molecule has 0 aromatic heterocycles. The summed E-state index contributed by atoms with van der Waals surface area (Å²) in [7, 11) is 0. The molecule has 1 N–H and O–H groups in total. The van der Waals surface area contributed by atoms with Gasteiger partial charge in [0.25, 0.3) is 0 Å². The highest BCUT2D eigenvalue weighted by Gasteiger charge is 2.01. The molecule has 0 aromatic rings. The predicted molar refractivity (Wildman–Crippen MR) is 61.1 cm³/mol. The summed E-state index contributed by atoms with van der Waals surface area (Å²) in [4.78, 5) is 11.4. The van der Waals surface area contributed by atoms with Gasteiger partial charge in [-0.1, -0.05) is 31.6 Å². The average molecular weight is 195 g/mol. The molecule has 0 fully saturated rings. The fourth-order valence-corrected chi connectivity index (χ4v) is 1.12. The van der Waals surface area contributed by atoms with Crippen LogP contribution in [0.5, 0.6) is 0 Å². The first-order valence-corrected chi connectivity index (χ1v) is 5.29. The summed E-state index contributed by atoms with van der Waals surface area (Å²) in [6.45, 7) is 6.82. The molecule has 0 aliphatic rings. The summed E-state index contributed by atoms with van der Waals surface area (Å²) in [5.74, 6) is 0.115. The van der Waals surface area contributed by atoms with Gasteiger partial charge in [-0.3, -0.25) is 4.79 Å². The van der Waals surface area contributed by atoms with E-state index in [-0.39, 0.29) is 5.91 Å². The van der Waals surface area contributed by atoms with Crippen LogP contribution in [0.3, 0.4) is 0 Å². The largest absolute Gasteiger partial charge is 0.356 e. The van der Waals surface area contributed by atoms with Crippen molar-refractivity contribution in [1.82, 2.24) is 5.32 Å². The van der Waals surface area contributed by atoms with Gasteiger partial charge in [0.1, 0.15) is 0 Å². The molecule has 0 heterocycles. The second-order valence-corrected chi connectivity index (χ2v) is 3.24. The number of allylic oxidation sites excluding steroid dienone is 3. The number of hydrogen-bond acceptors (Lipinski definition) is 1. The van der Waals surface area contributed by atoms with Crippen LogP contribution in [-0.4, -0.2) is 12.5 Å². The summed E-state index contributed by atoms with van der Waals surface area (Å²) >= 11 is 0. The van der Waals surface area contributed by atoms with Gasteiger partial charge in [0.2, 0.25) is 5.91 Å². The molecule has 0 rings (SSSR count). The van der Waals surface area contributed by atoms with Crippen LogP contribution in [0.15, 0.2) is 23.8 Å². The fraction of sp³-hybridized carbons (Fsp3) is 0.583. The molecule has 0 aromatic carbocycles. The third kappa shape index (κ3) is 6.46. The van der Waals surface area contributed by atoms with E-state index in [0.29, 0.717) is 6.42 Å². The number of carbonyl (C=O) groups is 1. The zero-order valence-corrected chi connectivity index (χ0v) is 9.47. The van der Waals surface area contributed by atoms with E-state index in [1.54, 1.807) is 0 Å². The van der Waals surface area contributed by atoms with Gasteiger partial charge in [0.05, 0.1) is 6.42 Å². The highest BCUT2D eigenvalue weighted by atomic mass is 16.1. The molecule has 0 bridgehead atoms. The van der Waals surface area contributed by atoms with Crippen LogP contribution >= 0.6 is 0 Å². The van der Waals surface area contributed by atoms with Crippen molar-refractivity contribution in [3.8, 4) is 0 Å². The van der Waals surface area contributed by atoms with Gasteiger partial charge in [-0.2, -0.15) is 0 Å². The zero-order valence-electron chi connectivity index (χ0n) is 9.47. The first kappa shape index (κ1) is 12.9. The van der Waals surface area contributed by atoms with Crippen molar-refractivity contribution in [2.24, 2.45) is 0 Å². The Hall–Kier alpha value is -1.05. The van der Waals surface area contributed by atoms with E-state index in [1.807, 2.05) is 32.1 Å². The van der Waals surface area contributed by atoms with Gasteiger partial charge in [0, 0.05) is 6.54 Å². The Bertz CT molecular complexity index is 216. The Morgan fingerprint density at radius 1 is 1.36 bits per heavy atom. The van der Waals surface area contributed by atoms with Crippen LogP contribution < -0.4 is 5.32 Å². The minimum atomic E-state index is 0.115. The van der Waals surface area contributed by atoms with Gasteiger partial charge < -0.3 is 5.32 Å². The first-order valence-electron chi connectivity index (χ1n) is 5.29. The molecule has 14 heavy (non-hydrogen) atoms. The summed E-state index contributed by atoms with van der Waals surface area (Å²) in [5.41, 5.74) is 1.07. The average Bonchev–Trinajstić information content (AvgIpc) is 2.17. The van der Waals surface area contributed by atoms with E-state index in [1.165, 1.54) is 0 Å². The van der Waals surface area contributed by atoms with E-state index in [0.717, 1.165) is 25.0 Å². The van der Waals surface area contributed by atoms with Gasteiger partial charge in [0.15, 0.2) is 0 Å². The number of rotatable bonds is 6. The Morgan fingerprint density at radius 3 is 2.57 bits per heavy atom. The van der Waals surface area contributed by atoms with Crippen LogP contribution in [0.2, 0.25) is 0 Å². The summed E-state index contributed by atoms with van der Waals surface area (Å²) < 4.78 is 0. The van der Waals surface area contributed by atoms with Gasteiger partial charge in [-0.15, -0.1) is 0 Å². The predicted octanol–water partition coefficient (Wildman–Crippen LogP) is 2.82. The van der Waals surface area contributed by atoms with E-state index in [4.69, 9.17) is 0 Å². The number of amides is 1. The van der Waals surface area contributed by atoms with E-state index in [9.17, 15) is 4.79 Å². The Morgan fingerprint density at radius 2 is 2.07 bits per heavy atom. The molecule has 0 spiro atoms. The minimum absolute atomic E-state index is 0.115. The maximum Gasteiger partial charge on any atom is 0.224 e. The minimum Gasteiger partial charge on any atom is -0.356 e. The fourth-order valence-electron chi connectivity index (χ4n) is 1.12. The molecule has 0 saturated heterocycles. The summed E-state index contributed by atoms with van der Waals surface area (Å²) in [6.07, 6.45) is 8.56. The summed E-state index contributed by atoms with van der Waals surface area (Å²) in [5, 5.41) is 2.89. The lowest BCUT2D eigenvalue weighted by molar-refractivity contribution is -0.120. The maximum absolute atomic E-state index is 11.4. The summed E-state index contributed by atoms with van der Waals surface area (Å²) in [6, 6.07) is 0. The van der Waals surface area contributed by atoms with Crippen molar-refractivity contribution in [2.45, 2.75) is 40.0 Å². The molecule has 0 aliphatic heterocycles. The SMILES string of the molecule is C/C=C\C(=C/C)CC(=O)NCCCC. The van der Waals surface area contributed by atoms with Gasteiger partial charge in [-0.25, -0.2) is 0 Å². The van der Waals surface area contributed by atoms with Crippen LogP contribution in [0, 0.1) is 0 Å². The molecule has 0 atom stereocenters. The molecule has 1 amide bonds. The Labute approximate surface area is 87.1 Å². The third-order valence-electron chi connectivity index (χ3n) is 1.97. The molecule has 0 radical (unpaired) electrons. The second kappa shape index (κ2) is 8.54. The lowest BCUT2D eigenvalue weighted by atomic mass is 10.1. The molecule has 0 unspecified atom stereocenters. The van der Waals surface area contributed by atoms with Gasteiger partial charge in [-0.05, 0) is 25.8 Å². The normalized spacial score (nSPS) is 12.1. The van der Waals surface area contributed by atoms with E-state index in [2.05, 4.69) is 12.2 Å². The standard InChI is InChI=1S/C12H21NO/c1-4-7-9-13-12(14)10-11(6-3)8-5-2/h5-6,8H,4,7,9-10H2,1-3H3,(H,13,14)/b8-5-,11-6+. The number of hydrogen-bond donors (Lipinski definition) is 1. The molecule has 2 heteroatoms. The van der Waals surface area contributed by atoms with E-state index >= 15 is 0 Å². The van der Waals surface area contributed by atoms with Crippen LogP contribution in [0.25, 0.3) is 0 Å². The van der Waals surface area contributed by atoms with Gasteiger partial charge >= 0.3 is 0 Å². The molecule has 2 nitrogen and oxygen atoms in total. The maximum atomic E-state index is 11.4. The lowest BCUT2D eigenvalue weighted by Gasteiger charge is -2.04. The molecule has 0 aliphatic carbocycles. The molecular formula is C12H21NO. The highest BCUT2D eigenvalue weighted by molar-refractivity contribution is 5.79. The smallest absolute Gasteiger partial charge is 0.224 e. The molecule has 0 saturated carbocycles. The highest BCUT2D eigenvalue weighted by Crippen LogP contribution is 2.02. The number of unbranched alkanes of at least 4 members (excludes halogenated alkanes) is 1. The van der Waals surface area contributed by atoms with Crippen LogP contribution in [0.1, 0.15) is 40.0 Å². The topological polar surface area (TPSA) is 29.1 Å². The first-order chi connectivity index (χ1) is 6.74. The third-order valence-corrected chi connectivity index (χ3v) is 1.97. The monoisotopic (exact) mass is 195 g/mol. The Kier molecular flexibility index (Phi) is 7.90. The molecular weight excluding hydrogens is 174 g/mol.